The summed E-state index contributed by atoms with van der Waals surface area (Å²) in [5, 5.41) is 27.8. The summed E-state index contributed by atoms with van der Waals surface area (Å²) in [5.41, 5.74) is 0.927. The first-order chi connectivity index (χ1) is 14.6. The molecule has 4 aromatic rings. The van der Waals surface area contributed by atoms with Crippen LogP contribution in [0.4, 0.5) is 11.4 Å². The molecule has 9 heteroatoms. The van der Waals surface area contributed by atoms with Gasteiger partial charge in [0.2, 0.25) is 5.91 Å². The highest BCUT2D eigenvalue weighted by Crippen LogP contribution is 2.24. The van der Waals surface area contributed by atoms with Gasteiger partial charge in [0.05, 0.1) is 10.6 Å². The summed E-state index contributed by atoms with van der Waals surface area (Å²) >= 11 is 0. The second-order valence-electron chi connectivity index (χ2n) is 6.68. The normalized spacial score (nSPS) is 10.8. The van der Waals surface area contributed by atoms with Crippen molar-refractivity contribution in [3.05, 3.63) is 82.7 Å². The molecule has 0 aliphatic rings. The minimum atomic E-state index is -0.520. The molecule has 0 saturated heterocycles. The Bertz CT molecular complexity index is 1210. The molecule has 0 atom stereocenters. The molecule has 1 heterocycles. The molecule has 3 aromatic carbocycles. The second kappa shape index (κ2) is 8.48. The number of amides is 1. The van der Waals surface area contributed by atoms with E-state index in [1.807, 2.05) is 42.5 Å². The zero-order chi connectivity index (χ0) is 20.9. The first-order valence-electron chi connectivity index (χ1n) is 9.42. The van der Waals surface area contributed by atoms with Crippen LogP contribution in [0.15, 0.2) is 66.7 Å². The molecule has 0 unspecified atom stereocenters. The third kappa shape index (κ3) is 4.00. The van der Waals surface area contributed by atoms with E-state index in [1.165, 1.54) is 12.1 Å². The van der Waals surface area contributed by atoms with Crippen LogP contribution >= 0.6 is 0 Å². The molecule has 1 amide bonds. The molecule has 1 aromatic heterocycles. The Morgan fingerprint density at radius 1 is 1.03 bits per heavy atom. The van der Waals surface area contributed by atoms with Gasteiger partial charge in [0.25, 0.3) is 5.69 Å². The van der Waals surface area contributed by atoms with Gasteiger partial charge in [-0.2, -0.15) is 4.68 Å². The van der Waals surface area contributed by atoms with Crippen molar-refractivity contribution in [1.29, 1.82) is 0 Å². The lowest BCUT2D eigenvalue weighted by molar-refractivity contribution is -0.383. The quantitative estimate of drug-likeness (QED) is 0.372. The predicted octanol–water partition coefficient (Wildman–Crippen LogP) is 3.69. The van der Waals surface area contributed by atoms with Crippen LogP contribution in [0.5, 0.6) is 0 Å². The lowest BCUT2D eigenvalue weighted by Crippen LogP contribution is -2.13. The Hall–Kier alpha value is -4.14. The number of nitro groups is 1. The third-order valence-electron chi connectivity index (χ3n) is 4.71. The molecular weight excluding hydrogens is 384 g/mol. The smallest absolute Gasteiger partial charge is 0.292 e. The molecule has 0 saturated carbocycles. The standard InChI is InChI=1S/C21H18N6O3/c28-21(22-17-10-3-4-11-19(17)27(29)30)14-6-13-20-23-24-25-26(20)18-12-5-8-15-7-1-2-9-16(15)18/h1-5,7-12H,6,13-14H2,(H,22,28). The van der Waals surface area contributed by atoms with Gasteiger partial charge in [0.15, 0.2) is 5.82 Å². The SMILES string of the molecule is O=C(CCCc1nnnn1-c1cccc2ccccc12)Nc1ccccc1[N+](=O)[O-]. The maximum absolute atomic E-state index is 12.3. The number of nitro benzene ring substituents is 1. The number of carbonyl (C=O) groups excluding carboxylic acids is 1. The Kier molecular flexibility index (Phi) is 5.42. The molecule has 0 aliphatic carbocycles. The number of benzene rings is 3. The van der Waals surface area contributed by atoms with Crippen LogP contribution in [0.2, 0.25) is 0 Å². The number of carbonyl (C=O) groups is 1. The molecule has 0 radical (unpaired) electrons. The van der Waals surface area contributed by atoms with E-state index in [0.29, 0.717) is 18.7 Å². The molecule has 4 rings (SSSR count). The molecular formula is C21H18N6O3. The van der Waals surface area contributed by atoms with E-state index in [4.69, 9.17) is 0 Å². The summed E-state index contributed by atoms with van der Waals surface area (Å²) in [4.78, 5) is 22.8. The van der Waals surface area contributed by atoms with Crippen molar-refractivity contribution in [3.8, 4) is 5.69 Å². The summed E-state index contributed by atoms with van der Waals surface area (Å²) in [6, 6.07) is 20.0. The molecule has 9 nitrogen and oxygen atoms in total. The van der Waals surface area contributed by atoms with Crippen molar-refractivity contribution in [1.82, 2.24) is 20.2 Å². The average Bonchev–Trinajstić information content (AvgIpc) is 3.22. The van der Waals surface area contributed by atoms with E-state index >= 15 is 0 Å². The van der Waals surface area contributed by atoms with Crippen molar-refractivity contribution in [2.24, 2.45) is 0 Å². The molecule has 0 aliphatic heterocycles. The fourth-order valence-electron chi connectivity index (χ4n) is 3.30. The number of aromatic nitrogens is 4. The molecule has 1 N–H and O–H groups in total. The maximum Gasteiger partial charge on any atom is 0.292 e. The Balaban J connectivity index is 1.43. The Labute approximate surface area is 171 Å². The van der Waals surface area contributed by atoms with Gasteiger partial charge >= 0.3 is 0 Å². The van der Waals surface area contributed by atoms with Crippen molar-refractivity contribution in [2.75, 3.05) is 5.32 Å². The van der Waals surface area contributed by atoms with Crippen molar-refractivity contribution in [3.63, 3.8) is 0 Å². The van der Waals surface area contributed by atoms with Crippen LogP contribution in [-0.4, -0.2) is 31.0 Å². The highest BCUT2D eigenvalue weighted by molar-refractivity contribution is 5.93. The number of rotatable bonds is 7. The number of nitrogens with one attached hydrogen (secondary N) is 1. The van der Waals surface area contributed by atoms with Crippen LogP contribution < -0.4 is 5.32 Å². The van der Waals surface area contributed by atoms with Crippen molar-refractivity contribution in [2.45, 2.75) is 19.3 Å². The number of para-hydroxylation sites is 2. The van der Waals surface area contributed by atoms with Crippen LogP contribution in [0.25, 0.3) is 16.5 Å². The van der Waals surface area contributed by atoms with Gasteiger partial charge in [-0.15, -0.1) is 5.10 Å². The van der Waals surface area contributed by atoms with Gasteiger partial charge in [-0.3, -0.25) is 14.9 Å². The van der Waals surface area contributed by atoms with Gasteiger partial charge in [-0.1, -0.05) is 48.5 Å². The summed E-state index contributed by atoms with van der Waals surface area (Å²) in [6.45, 7) is 0. The lowest BCUT2D eigenvalue weighted by atomic mass is 10.1. The van der Waals surface area contributed by atoms with E-state index in [9.17, 15) is 14.9 Å². The molecule has 0 bridgehead atoms. The minimum absolute atomic E-state index is 0.134. The Morgan fingerprint density at radius 3 is 2.67 bits per heavy atom. The zero-order valence-corrected chi connectivity index (χ0v) is 15.9. The fraction of sp³-hybridized carbons (Fsp3) is 0.143. The summed E-state index contributed by atoms with van der Waals surface area (Å²) in [6.07, 6.45) is 1.17. The monoisotopic (exact) mass is 402 g/mol. The van der Waals surface area contributed by atoms with Crippen LogP contribution in [0.3, 0.4) is 0 Å². The number of aryl methyl sites for hydroxylation is 1. The average molecular weight is 402 g/mol. The highest BCUT2D eigenvalue weighted by atomic mass is 16.6. The van der Waals surface area contributed by atoms with Crippen LogP contribution in [-0.2, 0) is 11.2 Å². The first kappa shape index (κ1) is 19.2. The zero-order valence-electron chi connectivity index (χ0n) is 15.9. The molecule has 0 spiro atoms. The minimum Gasteiger partial charge on any atom is -0.320 e. The molecule has 0 fully saturated rings. The third-order valence-corrected chi connectivity index (χ3v) is 4.71. The number of anilines is 1. The van der Waals surface area contributed by atoms with Gasteiger partial charge in [-0.25, -0.2) is 0 Å². The molecule has 30 heavy (non-hydrogen) atoms. The van der Waals surface area contributed by atoms with Crippen molar-refractivity contribution < 1.29 is 9.72 Å². The van der Waals surface area contributed by atoms with Crippen LogP contribution in [0.1, 0.15) is 18.7 Å². The van der Waals surface area contributed by atoms with E-state index in [1.54, 1.807) is 16.8 Å². The van der Waals surface area contributed by atoms with Crippen LogP contribution in [0, 0.1) is 10.1 Å². The summed E-state index contributed by atoms with van der Waals surface area (Å²) in [5.74, 6) is 0.346. The van der Waals surface area contributed by atoms with E-state index in [0.717, 1.165) is 16.5 Å². The number of hydrogen-bond donors (Lipinski definition) is 1. The molecule has 150 valence electrons. The second-order valence-corrected chi connectivity index (χ2v) is 6.68. The number of hydrogen-bond acceptors (Lipinski definition) is 6. The van der Waals surface area contributed by atoms with Gasteiger partial charge in [0, 0.05) is 24.3 Å². The van der Waals surface area contributed by atoms with E-state index < -0.39 is 4.92 Å². The van der Waals surface area contributed by atoms with E-state index in [2.05, 4.69) is 20.8 Å². The lowest BCUT2D eigenvalue weighted by Gasteiger charge is -2.08. The number of nitrogens with zero attached hydrogens (tertiary/aromatic N) is 5. The number of fused-ring (bicyclic) bond motifs is 1. The van der Waals surface area contributed by atoms with Gasteiger partial charge < -0.3 is 5.32 Å². The summed E-state index contributed by atoms with van der Waals surface area (Å²) in [7, 11) is 0. The topological polar surface area (TPSA) is 116 Å². The number of tetrazole rings is 1. The summed E-state index contributed by atoms with van der Waals surface area (Å²) < 4.78 is 1.68. The fourth-order valence-corrected chi connectivity index (χ4v) is 3.30. The Morgan fingerprint density at radius 2 is 1.80 bits per heavy atom. The maximum atomic E-state index is 12.3. The predicted molar refractivity (Wildman–Crippen MR) is 111 cm³/mol. The highest BCUT2D eigenvalue weighted by Gasteiger charge is 2.15. The van der Waals surface area contributed by atoms with Crippen molar-refractivity contribution >= 4 is 28.1 Å². The van der Waals surface area contributed by atoms with E-state index in [-0.39, 0.29) is 23.7 Å². The van der Waals surface area contributed by atoms with Gasteiger partial charge in [-0.05, 0) is 34.4 Å². The largest absolute Gasteiger partial charge is 0.320 e. The van der Waals surface area contributed by atoms with Gasteiger partial charge in [0.1, 0.15) is 5.69 Å². The first-order valence-corrected chi connectivity index (χ1v) is 9.42.